The smallest absolute Gasteiger partial charge is 0.383 e. The van der Waals surface area contributed by atoms with Crippen LogP contribution in [0.25, 0.3) is 0 Å². The molecule has 1 aromatic rings. The fourth-order valence-corrected chi connectivity index (χ4v) is 0.949. The molecule has 86 valence electrons. The zero-order valence-electron chi connectivity index (χ0n) is 8.51. The SMILES string of the molecule is O=C(O)CCC[NH+]=COC(=O)c1ccco1. The summed E-state index contributed by atoms with van der Waals surface area (Å²) in [6.07, 6.45) is 3.03. The minimum Gasteiger partial charge on any atom is -0.481 e. The van der Waals surface area contributed by atoms with Crippen LogP contribution in [0.3, 0.4) is 0 Å². The summed E-state index contributed by atoms with van der Waals surface area (Å²) in [5.41, 5.74) is 0. The van der Waals surface area contributed by atoms with Crippen LogP contribution in [0.5, 0.6) is 0 Å². The summed E-state index contributed by atoms with van der Waals surface area (Å²) in [5.74, 6) is -1.34. The number of carbonyl (C=O) groups is 2. The molecule has 0 spiro atoms. The Bertz CT molecular complexity index is 369. The maximum atomic E-state index is 11.2. The van der Waals surface area contributed by atoms with Crippen molar-refractivity contribution in [2.75, 3.05) is 6.54 Å². The van der Waals surface area contributed by atoms with Gasteiger partial charge in [0.1, 0.15) is 6.54 Å². The first-order chi connectivity index (χ1) is 7.70. The first-order valence-corrected chi connectivity index (χ1v) is 4.71. The van der Waals surface area contributed by atoms with E-state index in [2.05, 4.69) is 9.73 Å². The highest BCUT2D eigenvalue weighted by molar-refractivity contribution is 5.90. The van der Waals surface area contributed by atoms with Crippen molar-refractivity contribution in [2.45, 2.75) is 12.8 Å². The number of rotatable bonds is 6. The molecular formula is C10H12NO5+. The lowest BCUT2D eigenvalue weighted by molar-refractivity contribution is -0.460. The highest BCUT2D eigenvalue weighted by Crippen LogP contribution is 2.00. The van der Waals surface area contributed by atoms with Crippen LogP contribution in [0.2, 0.25) is 0 Å². The van der Waals surface area contributed by atoms with Crippen LogP contribution in [-0.4, -0.2) is 30.0 Å². The van der Waals surface area contributed by atoms with E-state index in [1.807, 2.05) is 0 Å². The van der Waals surface area contributed by atoms with E-state index in [1.54, 1.807) is 6.07 Å². The molecular weight excluding hydrogens is 214 g/mol. The van der Waals surface area contributed by atoms with Crippen LogP contribution in [0.1, 0.15) is 23.4 Å². The van der Waals surface area contributed by atoms with Crippen LogP contribution in [0, 0.1) is 0 Å². The molecule has 1 rings (SSSR count). The van der Waals surface area contributed by atoms with Crippen molar-refractivity contribution < 1.29 is 28.8 Å². The fourth-order valence-electron chi connectivity index (χ4n) is 0.949. The third-order valence-corrected chi connectivity index (χ3v) is 1.68. The van der Waals surface area contributed by atoms with E-state index in [1.165, 1.54) is 12.3 Å². The van der Waals surface area contributed by atoms with Crippen molar-refractivity contribution in [3.05, 3.63) is 24.2 Å². The molecule has 0 saturated heterocycles. The number of furan rings is 1. The van der Waals surface area contributed by atoms with Gasteiger partial charge in [0, 0.05) is 6.42 Å². The van der Waals surface area contributed by atoms with Gasteiger partial charge in [-0.05, 0) is 12.1 Å². The van der Waals surface area contributed by atoms with E-state index in [4.69, 9.17) is 9.52 Å². The van der Waals surface area contributed by atoms with Gasteiger partial charge in [-0.15, -0.1) is 0 Å². The summed E-state index contributed by atoms with van der Waals surface area (Å²) < 4.78 is 9.48. The Morgan fingerprint density at radius 1 is 1.56 bits per heavy atom. The number of hydrogen-bond acceptors (Lipinski definition) is 4. The molecule has 2 N–H and O–H groups in total. The van der Waals surface area contributed by atoms with Crippen molar-refractivity contribution in [3.8, 4) is 0 Å². The van der Waals surface area contributed by atoms with Crippen molar-refractivity contribution in [1.29, 1.82) is 0 Å². The van der Waals surface area contributed by atoms with Crippen molar-refractivity contribution in [1.82, 2.24) is 0 Å². The number of hydrogen-bond donors (Lipinski definition) is 2. The minimum absolute atomic E-state index is 0.0764. The summed E-state index contributed by atoms with van der Waals surface area (Å²) in [6, 6.07) is 3.07. The molecule has 0 aromatic carbocycles. The Morgan fingerprint density at radius 2 is 2.38 bits per heavy atom. The van der Waals surface area contributed by atoms with E-state index < -0.39 is 11.9 Å². The molecule has 0 aliphatic rings. The standard InChI is InChI=1S/C10H11NO5/c12-9(13)4-1-5-11-7-16-10(14)8-3-2-6-15-8/h2-3,6-7H,1,4-5H2,(H,12,13)/p+1. The molecule has 1 aromatic heterocycles. The van der Waals surface area contributed by atoms with Gasteiger partial charge in [0.15, 0.2) is 0 Å². The summed E-state index contributed by atoms with van der Waals surface area (Å²) >= 11 is 0. The monoisotopic (exact) mass is 226 g/mol. The third-order valence-electron chi connectivity index (χ3n) is 1.68. The Hall–Kier alpha value is -2.11. The Kier molecular flexibility index (Phi) is 4.78. The molecule has 0 radical (unpaired) electrons. The maximum absolute atomic E-state index is 11.2. The van der Waals surface area contributed by atoms with Crippen LogP contribution in [0.4, 0.5) is 0 Å². The van der Waals surface area contributed by atoms with E-state index in [-0.39, 0.29) is 12.2 Å². The first-order valence-electron chi connectivity index (χ1n) is 4.71. The van der Waals surface area contributed by atoms with Gasteiger partial charge in [-0.2, -0.15) is 0 Å². The average molecular weight is 226 g/mol. The van der Waals surface area contributed by atoms with Gasteiger partial charge in [0.25, 0.3) is 0 Å². The van der Waals surface area contributed by atoms with Gasteiger partial charge >= 0.3 is 18.3 Å². The topological polar surface area (TPSA) is 90.7 Å². The minimum atomic E-state index is -0.852. The van der Waals surface area contributed by atoms with Gasteiger partial charge in [-0.1, -0.05) is 0 Å². The lowest BCUT2D eigenvalue weighted by atomic mass is 10.3. The summed E-state index contributed by atoms with van der Waals surface area (Å²) in [4.78, 5) is 24.0. The second-order valence-electron chi connectivity index (χ2n) is 2.95. The molecule has 0 saturated carbocycles. The van der Waals surface area contributed by atoms with Gasteiger partial charge < -0.3 is 14.3 Å². The van der Waals surface area contributed by atoms with E-state index in [9.17, 15) is 9.59 Å². The van der Waals surface area contributed by atoms with Crippen LogP contribution in [0.15, 0.2) is 22.8 Å². The van der Waals surface area contributed by atoms with Gasteiger partial charge in [0.2, 0.25) is 5.76 Å². The molecule has 0 amide bonds. The number of nitrogens with one attached hydrogen (secondary N) is 1. The molecule has 0 unspecified atom stereocenters. The maximum Gasteiger partial charge on any atom is 0.383 e. The molecule has 0 atom stereocenters. The summed E-state index contributed by atoms with van der Waals surface area (Å²) in [7, 11) is 0. The number of esters is 1. The molecule has 0 bridgehead atoms. The lowest BCUT2D eigenvalue weighted by Gasteiger charge is -1.90. The second-order valence-corrected chi connectivity index (χ2v) is 2.95. The van der Waals surface area contributed by atoms with E-state index in [0.29, 0.717) is 13.0 Å². The van der Waals surface area contributed by atoms with E-state index in [0.717, 1.165) is 6.40 Å². The van der Waals surface area contributed by atoms with Crippen molar-refractivity contribution in [3.63, 3.8) is 0 Å². The van der Waals surface area contributed by atoms with Crippen molar-refractivity contribution in [2.24, 2.45) is 0 Å². The first kappa shape index (κ1) is 12.0. The third kappa shape index (κ3) is 4.41. The molecule has 6 heteroatoms. The number of carboxylic acids is 1. The van der Waals surface area contributed by atoms with E-state index >= 15 is 0 Å². The number of carboxylic acid groups (broad SMARTS) is 1. The Balaban J connectivity index is 2.17. The molecule has 6 nitrogen and oxygen atoms in total. The zero-order valence-corrected chi connectivity index (χ0v) is 8.51. The van der Waals surface area contributed by atoms with Crippen LogP contribution in [-0.2, 0) is 9.53 Å². The van der Waals surface area contributed by atoms with Crippen LogP contribution < -0.4 is 4.99 Å². The predicted octanol–water partition coefficient (Wildman–Crippen LogP) is -0.590. The Labute approximate surface area is 91.5 Å². The summed E-state index contributed by atoms with van der Waals surface area (Å²) in [5, 5.41) is 8.35. The Morgan fingerprint density at radius 3 is 3.00 bits per heavy atom. The normalized spacial score (nSPS) is 10.5. The highest BCUT2D eigenvalue weighted by Gasteiger charge is 2.09. The summed E-state index contributed by atoms with van der Waals surface area (Å²) in [6.45, 7) is 0.428. The average Bonchev–Trinajstić information content (AvgIpc) is 2.75. The molecule has 16 heavy (non-hydrogen) atoms. The molecule has 0 fully saturated rings. The highest BCUT2D eigenvalue weighted by atomic mass is 16.5. The van der Waals surface area contributed by atoms with Crippen molar-refractivity contribution >= 4 is 18.3 Å². The molecule has 0 aliphatic heterocycles. The largest absolute Gasteiger partial charge is 0.481 e. The molecule has 0 aliphatic carbocycles. The van der Waals surface area contributed by atoms with Gasteiger partial charge in [-0.25, -0.2) is 9.79 Å². The number of carbonyl (C=O) groups excluding carboxylic acids is 1. The zero-order chi connectivity index (χ0) is 11.8. The predicted molar refractivity (Wildman–Crippen MR) is 52.9 cm³/mol. The van der Waals surface area contributed by atoms with Gasteiger partial charge in [-0.3, -0.25) is 4.79 Å². The van der Waals surface area contributed by atoms with Crippen LogP contribution >= 0.6 is 0 Å². The fraction of sp³-hybridized carbons (Fsp3) is 0.300. The number of aliphatic carboxylic acids is 1. The second kappa shape index (κ2) is 6.39. The lowest BCUT2D eigenvalue weighted by Crippen LogP contribution is -2.69. The molecule has 1 heterocycles. The number of ether oxygens (including phenoxy) is 1. The quantitative estimate of drug-likeness (QED) is 0.293. The van der Waals surface area contributed by atoms with Gasteiger partial charge in [0.05, 0.1) is 12.7 Å².